The van der Waals surface area contributed by atoms with Gasteiger partial charge in [-0.05, 0) is 0 Å². The predicted molar refractivity (Wildman–Crippen MR) is 30.6 cm³/mol. The Morgan fingerprint density at radius 3 is 1.44 bits per heavy atom. The van der Waals surface area contributed by atoms with Gasteiger partial charge in [-0.1, -0.05) is 0 Å². The Labute approximate surface area is 52.4 Å². The van der Waals surface area contributed by atoms with Crippen LogP contribution in [0.2, 0.25) is 0 Å². The van der Waals surface area contributed by atoms with Crippen molar-refractivity contribution in [1.82, 2.24) is 0 Å². The molecule has 0 radical (unpaired) electrons. The molecule has 0 spiro atoms. The highest BCUT2D eigenvalue weighted by molar-refractivity contribution is 6.24. The zero-order chi connectivity index (χ0) is 7.44. The fourth-order valence-electron chi connectivity index (χ4n) is 0.392. The molecule has 0 aromatic heterocycles. The van der Waals surface area contributed by atoms with E-state index in [2.05, 4.69) is 0 Å². The highest BCUT2D eigenvalue weighted by Gasteiger charge is 2.08. The van der Waals surface area contributed by atoms with Gasteiger partial charge >= 0.3 is 0 Å². The van der Waals surface area contributed by atoms with E-state index >= 15 is 0 Å². The van der Waals surface area contributed by atoms with Gasteiger partial charge in [0.1, 0.15) is 11.5 Å². The summed E-state index contributed by atoms with van der Waals surface area (Å²) in [6.45, 7) is 2.31. The second-order valence-corrected chi connectivity index (χ2v) is 1.59. The van der Waals surface area contributed by atoms with Crippen LogP contribution in [0.4, 0.5) is 0 Å². The van der Waals surface area contributed by atoms with Crippen LogP contribution in [0.5, 0.6) is 0 Å². The minimum Gasteiger partial charge on any atom is -0.294 e. The van der Waals surface area contributed by atoms with Crippen LogP contribution in [-0.4, -0.2) is 17.5 Å². The maximum absolute atomic E-state index is 10.3. The van der Waals surface area contributed by atoms with Crippen LogP contribution < -0.4 is 0 Å². The van der Waals surface area contributed by atoms with Crippen LogP contribution in [0.25, 0.3) is 0 Å². The molecule has 0 N–H and O–H groups in total. The van der Waals surface area contributed by atoms with Crippen molar-refractivity contribution in [3.8, 4) is 0 Å². The SMILES string of the molecule is CC(=O)C(=C=O)C(C)=O. The third-order valence-electron chi connectivity index (χ3n) is 0.806. The van der Waals surface area contributed by atoms with Gasteiger partial charge in [0.2, 0.25) is 0 Å². The second-order valence-electron chi connectivity index (χ2n) is 1.59. The average Bonchev–Trinajstić information content (AvgIpc) is 1.64. The zero-order valence-corrected chi connectivity index (χ0v) is 5.22. The van der Waals surface area contributed by atoms with Gasteiger partial charge < -0.3 is 0 Å². The molecule has 0 unspecified atom stereocenters. The molecule has 0 bridgehead atoms. The monoisotopic (exact) mass is 126 g/mol. The number of carbonyl (C=O) groups excluding carboxylic acids is 3. The van der Waals surface area contributed by atoms with Crippen molar-refractivity contribution in [2.45, 2.75) is 13.8 Å². The third-order valence-corrected chi connectivity index (χ3v) is 0.806. The van der Waals surface area contributed by atoms with Crippen molar-refractivity contribution in [3.63, 3.8) is 0 Å². The van der Waals surface area contributed by atoms with Gasteiger partial charge in [-0.25, -0.2) is 4.79 Å². The highest BCUT2D eigenvalue weighted by Crippen LogP contribution is 1.90. The average molecular weight is 126 g/mol. The van der Waals surface area contributed by atoms with Crippen LogP contribution in [0.15, 0.2) is 5.57 Å². The number of allylic oxidation sites excluding steroid dienone is 1. The summed E-state index contributed by atoms with van der Waals surface area (Å²) in [5.41, 5.74) is -0.394. The number of hydrogen-bond acceptors (Lipinski definition) is 3. The molecule has 0 amide bonds. The van der Waals surface area contributed by atoms with Gasteiger partial charge in [0, 0.05) is 13.8 Å². The molecule has 0 aliphatic rings. The van der Waals surface area contributed by atoms with Gasteiger partial charge in [-0.3, -0.25) is 9.59 Å². The molecule has 0 aliphatic carbocycles. The van der Waals surface area contributed by atoms with E-state index in [1.54, 1.807) is 0 Å². The van der Waals surface area contributed by atoms with Crippen LogP contribution in [0.3, 0.4) is 0 Å². The summed E-state index contributed by atoms with van der Waals surface area (Å²) in [5, 5.41) is 0. The van der Waals surface area contributed by atoms with E-state index in [0.29, 0.717) is 0 Å². The number of rotatable bonds is 2. The van der Waals surface area contributed by atoms with Gasteiger partial charge in [0.25, 0.3) is 0 Å². The van der Waals surface area contributed by atoms with Crippen molar-refractivity contribution in [2.75, 3.05) is 0 Å². The first-order chi connectivity index (χ1) is 4.09. The Bertz CT molecular complexity index is 180. The second kappa shape index (κ2) is 2.95. The van der Waals surface area contributed by atoms with E-state index < -0.39 is 17.1 Å². The maximum Gasteiger partial charge on any atom is 0.174 e. The summed E-state index contributed by atoms with van der Waals surface area (Å²) < 4.78 is 0. The van der Waals surface area contributed by atoms with Crippen LogP contribution in [0, 0.1) is 0 Å². The van der Waals surface area contributed by atoms with E-state index in [1.165, 1.54) is 5.94 Å². The van der Waals surface area contributed by atoms with E-state index in [9.17, 15) is 14.4 Å². The number of carbonyl (C=O) groups is 2. The summed E-state index contributed by atoms with van der Waals surface area (Å²) in [7, 11) is 0. The largest absolute Gasteiger partial charge is 0.294 e. The Morgan fingerprint density at radius 2 is 1.44 bits per heavy atom. The summed E-state index contributed by atoms with van der Waals surface area (Å²) in [4.78, 5) is 30.4. The lowest BCUT2D eigenvalue weighted by Crippen LogP contribution is -2.06. The summed E-state index contributed by atoms with van der Waals surface area (Å²) in [6, 6.07) is 0. The molecule has 0 atom stereocenters. The molecular formula is C6H6O3. The normalized spacial score (nSPS) is 7.78. The summed E-state index contributed by atoms with van der Waals surface area (Å²) in [5.74, 6) is 0.208. The quantitative estimate of drug-likeness (QED) is 0.225. The molecule has 0 aromatic carbocycles. The molecule has 0 heterocycles. The van der Waals surface area contributed by atoms with Crippen LogP contribution >= 0.6 is 0 Å². The number of ketones is 2. The molecular weight excluding hydrogens is 120 g/mol. The third kappa shape index (κ3) is 2.02. The van der Waals surface area contributed by atoms with Gasteiger partial charge in [0.15, 0.2) is 11.6 Å². The molecule has 0 rings (SSSR count). The Balaban J connectivity index is 4.59. The molecule has 0 saturated carbocycles. The molecule has 3 nitrogen and oxygen atoms in total. The van der Waals surface area contributed by atoms with Crippen molar-refractivity contribution >= 4 is 17.5 Å². The first-order valence-electron chi connectivity index (χ1n) is 2.36. The lowest BCUT2D eigenvalue weighted by atomic mass is 10.1. The summed E-state index contributed by atoms with van der Waals surface area (Å²) in [6.07, 6.45) is 0. The van der Waals surface area contributed by atoms with E-state index in [0.717, 1.165) is 13.8 Å². The standard InChI is InChI=1S/C6H6O3/c1-4(8)6(3-7)5(2)9/h1-2H3. The van der Waals surface area contributed by atoms with E-state index in [1.807, 2.05) is 0 Å². The highest BCUT2D eigenvalue weighted by atomic mass is 16.2. The van der Waals surface area contributed by atoms with Gasteiger partial charge in [-0.15, -0.1) is 0 Å². The van der Waals surface area contributed by atoms with Crippen LogP contribution in [0.1, 0.15) is 13.8 Å². The van der Waals surface area contributed by atoms with Gasteiger partial charge in [-0.2, -0.15) is 0 Å². The van der Waals surface area contributed by atoms with Crippen molar-refractivity contribution in [1.29, 1.82) is 0 Å². The number of Topliss-reactive ketones (excluding diaryl/α,β-unsaturated/α-hetero) is 2. The molecule has 48 valence electrons. The van der Waals surface area contributed by atoms with Crippen molar-refractivity contribution in [3.05, 3.63) is 5.57 Å². The minimum absolute atomic E-state index is 0.394. The van der Waals surface area contributed by atoms with Crippen molar-refractivity contribution in [2.24, 2.45) is 0 Å². The van der Waals surface area contributed by atoms with E-state index in [-0.39, 0.29) is 0 Å². The Hall–Kier alpha value is -1.21. The first-order valence-corrected chi connectivity index (χ1v) is 2.36. The first kappa shape index (κ1) is 7.79. The molecule has 0 aromatic rings. The lowest BCUT2D eigenvalue weighted by molar-refractivity contribution is -0.119. The topological polar surface area (TPSA) is 51.2 Å². The Kier molecular flexibility index (Phi) is 2.55. The van der Waals surface area contributed by atoms with Crippen molar-refractivity contribution < 1.29 is 14.4 Å². The lowest BCUT2D eigenvalue weighted by Gasteiger charge is -1.86. The molecule has 3 heteroatoms. The number of hydrogen-bond donors (Lipinski definition) is 0. The summed E-state index contributed by atoms with van der Waals surface area (Å²) >= 11 is 0. The fraction of sp³-hybridized carbons (Fsp3) is 0.333. The molecule has 0 saturated heterocycles. The van der Waals surface area contributed by atoms with E-state index in [4.69, 9.17) is 0 Å². The molecule has 0 aliphatic heterocycles. The molecule has 9 heavy (non-hydrogen) atoms. The smallest absolute Gasteiger partial charge is 0.174 e. The Morgan fingerprint density at radius 1 is 1.11 bits per heavy atom. The van der Waals surface area contributed by atoms with Crippen LogP contribution in [-0.2, 0) is 14.4 Å². The predicted octanol–water partition coefficient (Wildman–Crippen LogP) is -0.0776. The zero-order valence-electron chi connectivity index (χ0n) is 5.22. The fourth-order valence-corrected chi connectivity index (χ4v) is 0.392. The minimum atomic E-state index is -0.530. The molecule has 0 fully saturated rings. The van der Waals surface area contributed by atoms with Gasteiger partial charge in [0.05, 0.1) is 0 Å². The maximum atomic E-state index is 10.3.